The second-order valence-electron chi connectivity index (χ2n) is 3.32. The number of Topliss-reactive ketones (excluding diaryl/α,β-unsaturated/α-hetero) is 1. The molecule has 1 aromatic heterocycles. The number of carboxylic acid groups (broad SMARTS) is 1. The molecule has 4 nitrogen and oxygen atoms in total. The van der Waals surface area contributed by atoms with Gasteiger partial charge in [-0.2, -0.15) is 0 Å². The van der Waals surface area contributed by atoms with E-state index in [2.05, 4.69) is 4.98 Å². The number of carbonyl (C=O) groups is 2. The zero-order chi connectivity index (χ0) is 12.0. The molecule has 1 aromatic rings. The van der Waals surface area contributed by atoms with Gasteiger partial charge in [-0.05, 0) is 30.2 Å². The number of aromatic nitrogens is 1. The highest BCUT2D eigenvalue weighted by atomic mass is 16.4. The lowest BCUT2D eigenvalue weighted by atomic mass is 10.0. The largest absolute Gasteiger partial charge is 0.478 e. The van der Waals surface area contributed by atoms with Crippen molar-refractivity contribution in [2.45, 2.75) is 19.8 Å². The van der Waals surface area contributed by atoms with E-state index in [1.807, 2.05) is 6.92 Å². The molecule has 1 N–H and O–H groups in total. The van der Waals surface area contributed by atoms with Gasteiger partial charge in [-0.25, -0.2) is 4.79 Å². The third kappa shape index (κ3) is 3.31. The molecule has 0 aliphatic heterocycles. The Balaban J connectivity index is 2.99. The van der Waals surface area contributed by atoms with E-state index in [0.717, 1.165) is 0 Å². The van der Waals surface area contributed by atoms with Gasteiger partial charge < -0.3 is 5.11 Å². The lowest BCUT2D eigenvalue weighted by Gasteiger charge is -2.00. The Morgan fingerprint density at radius 2 is 2.00 bits per heavy atom. The van der Waals surface area contributed by atoms with E-state index in [-0.39, 0.29) is 17.8 Å². The molecule has 0 saturated carbocycles. The van der Waals surface area contributed by atoms with E-state index in [1.165, 1.54) is 6.08 Å². The summed E-state index contributed by atoms with van der Waals surface area (Å²) < 4.78 is 0. The summed E-state index contributed by atoms with van der Waals surface area (Å²) in [5, 5.41) is 8.93. The van der Waals surface area contributed by atoms with Crippen molar-refractivity contribution < 1.29 is 14.7 Å². The number of aliphatic carboxylic acids is 1. The molecule has 0 aromatic carbocycles. The SMILES string of the molecule is CCCC(=O)C(=Cc1ccncc1)C(=O)O. The number of rotatable bonds is 5. The van der Waals surface area contributed by atoms with Gasteiger partial charge in [0.25, 0.3) is 0 Å². The van der Waals surface area contributed by atoms with Crippen LogP contribution in [0.3, 0.4) is 0 Å². The first-order valence-electron chi connectivity index (χ1n) is 5.03. The van der Waals surface area contributed by atoms with Gasteiger partial charge in [0.2, 0.25) is 0 Å². The maximum Gasteiger partial charge on any atom is 0.339 e. The highest BCUT2D eigenvalue weighted by Gasteiger charge is 2.15. The van der Waals surface area contributed by atoms with E-state index < -0.39 is 5.97 Å². The third-order valence-electron chi connectivity index (χ3n) is 2.02. The molecule has 1 rings (SSSR count). The normalized spacial score (nSPS) is 11.2. The number of carboxylic acids is 1. The minimum Gasteiger partial charge on any atom is -0.478 e. The van der Waals surface area contributed by atoms with Crippen LogP contribution in [0.25, 0.3) is 6.08 Å². The van der Waals surface area contributed by atoms with Crippen molar-refractivity contribution in [3.8, 4) is 0 Å². The standard InChI is InChI=1S/C12H13NO3/c1-2-3-11(14)10(12(15)16)8-9-4-6-13-7-5-9/h4-8H,2-3H2,1H3,(H,15,16). The van der Waals surface area contributed by atoms with Crippen LogP contribution in [0.4, 0.5) is 0 Å². The van der Waals surface area contributed by atoms with Gasteiger partial charge >= 0.3 is 5.97 Å². The van der Waals surface area contributed by atoms with Gasteiger partial charge in [-0.1, -0.05) is 6.92 Å². The van der Waals surface area contributed by atoms with Crippen molar-refractivity contribution in [1.29, 1.82) is 0 Å². The Kier molecular flexibility index (Phi) is 4.39. The number of carbonyl (C=O) groups excluding carboxylic acids is 1. The average Bonchev–Trinajstić information content (AvgIpc) is 2.27. The summed E-state index contributed by atoms with van der Waals surface area (Å²) in [6.07, 6.45) is 5.37. The van der Waals surface area contributed by atoms with Crippen LogP contribution in [0.1, 0.15) is 25.3 Å². The Hall–Kier alpha value is -1.97. The maximum atomic E-state index is 11.5. The Bertz CT molecular complexity index is 410. The van der Waals surface area contributed by atoms with Crippen molar-refractivity contribution in [3.05, 3.63) is 35.7 Å². The predicted molar refractivity (Wildman–Crippen MR) is 59.8 cm³/mol. The number of hydrogen-bond acceptors (Lipinski definition) is 3. The van der Waals surface area contributed by atoms with Crippen molar-refractivity contribution in [2.24, 2.45) is 0 Å². The summed E-state index contributed by atoms with van der Waals surface area (Å²) in [5.74, 6) is -1.53. The fourth-order valence-electron chi connectivity index (χ4n) is 1.25. The Morgan fingerprint density at radius 1 is 1.38 bits per heavy atom. The highest BCUT2D eigenvalue weighted by molar-refractivity contribution is 6.19. The number of hydrogen-bond donors (Lipinski definition) is 1. The molecule has 1 heterocycles. The van der Waals surface area contributed by atoms with Crippen LogP contribution in [0.2, 0.25) is 0 Å². The van der Waals surface area contributed by atoms with Gasteiger partial charge in [0.1, 0.15) is 5.57 Å². The molecule has 0 fully saturated rings. The van der Waals surface area contributed by atoms with Crippen LogP contribution in [-0.4, -0.2) is 21.8 Å². The van der Waals surface area contributed by atoms with E-state index in [4.69, 9.17) is 5.11 Å². The van der Waals surface area contributed by atoms with Crippen LogP contribution >= 0.6 is 0 Å². The zero-order valence-electron chi connectivity index (χ0n) is 9.01. The van der Waals surface area contributed by atoms with Crippen molar-refractivity contribution >= 4 is 17.8 Å². The van der Waals surface area contributed by atoms with Crippen LogP contribution < -0.4 is 0 Å². The first-order chi connectivity index (χ1) is 7.65. The number of ketones is 1. The zero-order valence-corrected chi connectivity index (χ0v) is 9.01. The summed E-state index contributed by atoms with van der Waals surface area (Å²) >= 11 is 0. The summed E-state index contributed by atoms with van der Waals surface area (Å²) in [7, 11) is 0. The van der Waals surface area contributed by atoms with Crippen molar-refractivity contribution in [3.63, 3.8) is 0 Å². The quantitative estimate of drug-likeness (QED) is 0.466. The molecular formula is C12H13NO3. The van der Waals surface area contributed by atoms with E-state index in [0.29, 0.717) is 12.0 Å². The molecule has 0 atom stereocenters. The van der Waals surface area contributed by atoms with Crippen molar-refractivity contribution in [2.75, 3.05) is 0 Å². The van der Waals surface area contributed by atoms with Gasteiger partial charge in [0.05, 0.1) is 0 Å². The van der Waals surface area contributed by atoms with Gasteiger partial charge in [-0.15, -0.1) is 0 Å². The minimum absolute atomic E-state index is 0.173. The van der Waals surface area contributed by atoms with Gasteiger partial charge in [0.15, 0.2) is 5.78 Å². The molecule has 4 heteroatoms. The highest BCUT2D eigenvalue weighted by Crippen LogP contribution is 2.09. The second-order valence-corrected chi connectivity index (χ2v) is 3.32. The lowest BCUT2D eigenvalue weighted by molar-refractivity contribution is -0.134. The molecule has 0 aliphatic carbocycles. The van der Waals surface area contributed by atoms with Crippen LogP contribution in [0.15, 0.2) is 30.1 Å². The lowest BCUT2D eigenvalue weighted by Crippen LogP contribution is -2.11. The summed E-state index contributed by atoms with van der Waals surface area (Å²) in [4.78, 5) is 26.3. The Labute approximate surface area is 93.6 Å². The van der Waals surface area contributed by atoms with Crippen LogP contribution in [0.5, 0.6) is 0 Å². The molecule has 0 aliphatic rings. The number of pyridine rings is 1. The first kappa shape index (κ1) is 12.1. The monoisotopic (exact) mass is 219 g/mol. The van der Waals surface area contributed by atoms with E-state index in [1.54, 1.807) is 24.5 Å². The minimum atomic E-state index is -1.18. The van der Waals surface area contributed by atoms with Crippen molar-refractivity contribution in [1.82, 2.24) is 4.98 Å². The van der Waals surface area contributed by atoms with Crippen LogP contribution in [-0.2, 0) is 9.59 Å². The number of nitrogens with zero attached hydrogens (tertiary/aromatic N) is 1. The maximum absolute atomic E-state index is 11.5. The smallest absolute Gasteiger partial charge is 0.339 e. The molecule has 0 amide bonds. The fraction of sp³-hybridized carbons (Fsp3) is 0.250. The molecule has 0 saturated heterocycles. The summed E-state index contributed by atoms with van der Waals surface area (Å²) in [6.45, 7) is 1.84. The van der Waals surface area contributed by atoms with Crippen LogP contribution in [0, 0.1) is 0 Å². The van der Waals surface area contributed by atoms with E-state index >= 15 is 0 Å². The fourth-order valence-corrected chi connectivity index (χ4v) is 1.25. The molecule has 0 bridgehead atoms. The Morgan fingerprint density at radius 3 is 2.50 bits per heavy atom. The molecule has 16 heavy (non-hydrogen) atoms. The molecule has 0 radical (unpaired) electrons. The van der Waals surface area contributed by atoms with Gasteiger partial charge in [0, 0.05) is 18.8 Å². The first-order valence-corrected chi connectivity index (χ1v) is 5.03. The molecular weight excluding hydrogens is 206 g/mol. The molecule has 84 valence electrons. The predicted octanol–water partition coefficient (Wildman–Crippen LogP) is 1.92. The third-order valence-corrected chi connectivity index (χ3v) is 2.02. The van der Waals surface area contributed by atoms with E-state index in [9.17, 15) is 9.59 Å². The average molecular weight is 219 g/mol. The van der Waals surface area contributed by atoms with Gasteiger partial charge in [-0.3, -0.25) is 9.78 Å². The summed E-state index contributed by atoms with van der Waals surface area (Å²) in [6, 6.07) is 3.31. The topological polar surface area (TPSA) is 67.3 Å². The molecule has 0 spiro atoms. The molecule has 0 unspecified atom stereocenters. The second kappa shape index (κ2) is 5.80. The summed E-state index contributed by atoms with van der Waals surface area (Å²) in [5.41, 5.74) is 0.491.